The van der Waals surface area contributed by atoms with Crippen molar-refractivity contribution in [3.05, 3.63) is 35.2 Å². The Hall–Kier alpha value is -1.88. The maximum atomic E-state index is 11.6. The highest BCUT2D eigenvalue weighted by molar-refractivity contribution is 6.30. The van der Waals surface area contributed by atoms with Crippen LogP contribution < -0.4 is 0 Å². The third-order valence-corrected chi connectivity index (χ3v) is 2.81. The van der Waals surface area contributed by atoms with Gasteiger partial charge in [-0.1, -0.05) is 16.8 Å². The number of aromatic nitrogens is 2. The zero-order chi connectivity index (χ0) is 13.8. The van der Waals surface area contributed by atoms with E-state index in [0.717, 1.165) is 5.56 Å². The summed E-state index contributed by atoms with van der Waals surface area (Å²) < 4.78 is 9.99. The van der Waals surface area contributed by atoms with E-state index in [-0.39, 0.29) is 11.9 Å². The highest BCUT2D eigenvalue weighted by Crippen LogP contribution is 2.22. The molecule has 0 fully saturated rings. The summed E-state index contributed by atoms with van der Waals surface area (Å²) >= 11 is 5.81. The molecule has 0 aliphatic heterocycles. The van der Waals surface area contributed by atoms with Gasteiger partial charge in [-0.25, -0.2) is 0 Å². The molecule has 0 saturated heterocycles. The molecule has 19 heavy (non-hydrogen) atoms. The van der Waals surface area contributed by atoms with E-state index in [2.05, 4.69) is 10.1 Å². The fraction of sp³-hybridized carbons (Fsp3) is 0.308. The molecule has 1 aromatic carbocycles. The Kier molecular flexibility index (Phi) is 4.16. The largest absolute Gasteiger partial charge is 0.465 e. The molecule has 2 aromatic rings. The van der Waals surface area contributed by atoms with Crippen LogP contribution in [0.1, 0.15) is 25.7 Å². The van der Waals surface area contributed by atoms with Gasteiger partial charge >= 0.3 is 5.97 Å². The molecule has 0 saturated carbocycles. The van der Waals surface area contributed by atoms with Gasteiger partial charge in [-0.15, -0.1) is 0 Å². The SMILES string of the molecule is CCOC(=O)C(C)c1nc(-c2ccc(Cl)cc2)no1. The van der Waals surface area contributed by atoms with E-state index in [1.807, 2.05) is 0 Å². The first-order valence-corrected chi connectivity index (χ1v) is 6.25. The fourth-order valence-electron chi connectivity index (χ4n) is 1.50. The topological polar surface area (TPSA) is 65.2 Å². The van der Waals surface area contributed by atoms with Gasteiger partial charge in [-0.2, -0.15) is 4.98 Å². The zero-order valence-electron chi connectivity index (χ0n) is 10.6. The van der Waals surface area contributed by atoms with Crippen LogP contribution >= 0.6 is 11.6 Å². The number of benzene rings is 1. The van der Waals surface area contributed by atoms with Gasteiger partial charge in [0.25, 0.3) is 0 Å². The smallest absolute Gasteiger partial charge is 0.318 e. The number of esters is 1. The summed E-state index contributed by atoms with van der Waals surface area (Å²) in [6, 6.07) is 7.04. The summed E-state index contributed by atoms with van der Waals surface area (Å²) in [5.74, 6) is -0.298. The Morgan fingerprint density at radius 1 is 1.42 bits per heavy atom. The second-order valence-corrected chi connectivity index (χ2v) is 4.37. The second kappa shape index (κ2) is 5.84. The van der Waals surface area contributed by atoms with Crippen LogP contribution in [-0.4, -0.2) is 22.7 Å². The van der Waals surface area contributed by atoms with E-state index in [1.165, 1.54) is 0 Å². The van der Waals surface area contributed by atoms with Gasteiger partial charge in [0.1, 0.15) is 5.92 Å². The maximum Gasteiger partial charge on any atom is 0.318 e. The average molecular weight is 281 g/mol. The molecular weight excluding hydrogens is 268 g/mol. The maximum absolute atomic E-state index is 11.6. The lowest BCUT2D eigenvalue weighted by Crippen LogP contribution is -2.13. The molecule has 0 bridgehead atoms. The predicted octanol–water partition coefficient (Wildman–Crippen LogP) is 3.06. The van der Waals surface area contributed by atoms with Gasteiger partial charge in [-0.05, 0) is 38.1 Å². The summed E-state index contributed by atoms with van der Waals surface area (Å²) in [5, 5.41) is 4.47. The van der Waals surface area contributed by atoms with Crippen LogP contribution in [0, 0.1) is 0 Å². The number of rotatable bonds is 4. The number of hydrogen-bond acceptors (Lipinski definition) is 5. The van der Waals surface area contributed by atoms with Crippen LogP contribution in [0.15, 0.2) is 28.8 Å². The summed E-state index contributed by atoms with van der Waals surface area (Å²) in [6.45, 7) is 3.73. The highest BCUT2D eigenvalue weighted by atomic mass is 35.5. The van der Waals surface area contributed by atoms with Crippen molar-refractivity contribution in [1.82, 2.24) is 10.1 Å². The first-order valence-electron chi connectivity index (χ1n) is 5.88. The fourth-order valence-corrected chi connectivity index (χ4v) is 1.62. The number of carbonyl (C=O) groups is 1. The molecular formula is C13H13ClN2O3. The summed E-state index contributed by atoms with van der Waals surface area (Å²) in [5.41, 5.74) is 0.774. The van der Waals surface area contributed by atoms with Gasteiger partial charge in [0.2, 0.25) is 11.7 Å². The standard InChI is InChI=1S/C13H13ClN2O3/c1-3-18-13(17)8(2)12-15-11(16-19-12)9-4-6-10(14)7-5-9/h4-8H,3H2,1-2H3. The Morgan fingerprint density at radius 3 is 2.74 bits per heavy atom. The van der Waals surface area contributed by atoms with E-state index in [0.29, 0.717) is 17.5 Å². The zero-order valence-corrected chi connectivity index (χ0v) is 11.3. The molecule has 1 heterocycles. The summed E-state index contributed by atoms with van der Waals surface area (Å²) in [4.78, 5) is 15.8. The molecule has 0 aliphatic carbocycles. The Balaban J connectivity index is 2.19. The van der Waals surface area contributed by atoms with Crippen molar-refractivity contribution in [2.45, 2.75) is 19.8 Å². The summed E-state index contributed by atoms with van der Waals surface area (Å²) in [7, 11) is 0. The Morgan fingerprint density at radius 2 is 2.11 bits per heavy atom. The number of ether oxygens (including phenoxy) is 1. The molecule has 0 radical (unpaired) electrons. The second-order valence-electron chi connectivity index (χ2n) is 3.94. The quantitative estimate of drug-likeness (QED) is 0.805. The van der Waals surface area contributed by atoms with E-state index in [1.54, 1.807) is 38.1 Å². The lowest BCUT2D eigenvalue weighted by molar-refractivity contribution is -0.145. The monoisotopic (exact) mass is 280 g/mol. The Labute approximate surface area is 115 Å². The van der Waals surface area contributed by atoms with Crippen molar-refractivity contribution in [3.63, 3.8) is 0 Å². The summed E-state index contributed by atoms with van der Waals surface area (Å²) in [6.07, 6.45) is 0. The molecule has 0 aliphatic rings. The van der Waals surface area contributed by atoms with Crippen LogP contribution in [0.2, 0.25) is 5.02 Å². The first-order chi connectivity index (χ1) is 9.11. The molecule has 5 nitrogen and oxygen atoms in total. The number of nitrogens with zero attached hydrogens (tertiary/aromatic N) is 2. The van der Waals surface area contributed by atoms with E-state index in [4.69, 9.17) is 20.9 Å². The molecule has 0 N–H and O–H groups in total. The van der Waals surface area contributed by atoms with Gasteiger partial charge in [-0.3, -0.25) is 4.79 Å². The van der Waals surface area contributed by atoms with Gasteiger partial charge < -0.3 is 9.26 Å². The van der Waals surface area contributed by atoms with E-state index >= 15 is 0 Å². The molecule has 2 rings (SSSR count). The number of carbonyl (C=O) groups excluding carboxylic acids is 1. The van der Waals surface area contributed by atoms with Crippen molar-refractivity contribution < 1.29 is 14.1 Å². The molecule has 1 unspecified atom stereocenters. The van der Waals surface area contributed by atoms with Crippen LogP contribution in [0.25, 0.3) is 11.4 Å². The average Bonchev–Trinajstić information content (AvgIpc) is 2.88. The lowest BCUT2D eigenvalue weighted by atomic mass is 10.2. The van der Waals surface area contributed by atoms with Crippen LogP contribution in [0.4, 0.5) is 0 Å². The molecule has 0 spiro atoms. The van der Waals surface area contributed by atoms with Crippen molar-refractivity contribution in [2.75, 3.05) is 6.61 Å². The number of hydrogen-bond donors (Lipinski definition) is 0. The van der Waals surface area contributed by atoms with Crippen LogP contribution in [0.3, 0.4) is 0 Å². The van der Waals surface area contributed by atoms with Crippen molar-refractivity contribution in [3.8, 4) is 11.4 Å². The van der Waals surface area contributed by atoms with Crippen molar-refractivity contribution in [1.29, 1.82) is 0 Å². The predicted molar refractivity (Wildman–Crippen MR) is 69.8 cm³/mol. The number of halogens is 1. The minimum atomic E-state index is -0.575. The van der Waals surface area contributed by atoms with E-state index < -0.39 is 5.92 Å². The van der Waals surface area contributed by atoms with Crippen molar-refractivity contribution >= 4 is 17.6 Å². The first kappa shape index (κ1) is 13.5. The Bertz CT molecular complexity index is 566. The van der Waals surface area contributed by atoms with Gasteiger partial charge in [0.15, 0.2) is 0 Å². The molecule has 0 amide bonds. The van der Waals surface area contributed by atoms with E-state index in [9.17, 15) is 4.79 Å². The molecule has 1 aromatic heterocycles. The third-order valence-electron chi connectivity index (χ3n) is 2.55. The van der Waals surface area contributed by atoms with Crippen LogP contribution in [-0.2, 0) is 9.53 Å². The molecule has 6 heteroatoms. The van der Waals surface area contributed by atoms with Gasteiger partial charge in [0.05, 0.1) is 6.61 Å². The highest BCUT2D eigenvalue weighted by Gasteiger charge is 2.23. The van der Waals surface area contributed by atoms with Crippen molar-refractivity contribution in [2.24, 2.45) is 0 Å². The molecule has 100 valence electrons. The lowest BCUT2D eigenvalue weighted by Gasteiger charge is -2.04. The minimum Gasteiger partial charge on any atom is -0.465 e. The molecule has 1 atom stereocenters. The third kappa shape index (κ3) is 3.12. The minimum absolute atomic E-state index is 0.239. The van der Waals surface area contributed by atoms with Gasteiger partial charge in [0, 0.05) is 10.6 Å². The van der Waals surface area contributed by atoms with Crippen LogP contribution in [0.5, 0.6) is 0 Å². The normalized spacial score (nSPS) is 12.2.